The van der Waals surface area contributed by atoms with Gasteiger partial charge in [0.1, 0.15) is 11.4 Å². The number of rotatable bonds is 9. The summed E-state index contributed by atoms with van der Waals surface area (Å²) in [4.78, 5) is 31.0. The van der Waals surface area contributed by atoms with E-state index in [4.69, 9.17) is 24.0 Å². The van der Waals surface area contributed by atoms with Crippen molar-refractivity contribution in [3.8, 4) is 17.6 Å². The molecule has 1 amide bonds. The molecular weight excluding hydrogens is 445 g/mol. The van der Waals surface area contributed by atoms with E-state index in [-0.39, 0.29) is 24.9 Å². The number of aliphatic carboxylic acids is 1. The fourth-order valence-electron chi connectivity index (χ4n) is 3.41. The van der Waals surface area contributed by atoms with Gasteiger partial charge in [-0.1, -0.05) is 0 Å². The molecule has 182 valence electrons. The molecular formula is C22H28BN3O8. The molecule has 1 aliphatic heterocycles. The van der Waals surface area contributed by atoms with E-state index in [1.54, 1.807) is 45.9 Å². The van der Waals surface area contributed by atoms with Gasteiger partial charge in [0.25, 0.3) is 0 Å². The van der Waals surface area contributed by atoms with Crippen molar-refractivity contribution in [1.82, 2.24) is 15.3 Å². The number of aromatic nitrogens is 2. The van der Waals surface area contributed by atoms with E-state index in [2.05, 4.69) is 15.3 Å². The van der Waals surface area contributed by atoms with Crippen LogP contribution in [0.1, 0.15) is 50.8 Å². The Kier molecular flexibility index (Phi) is 7.95. The number of amides is 1. The smallest absolute Gasteiger partial charge is 0.481 e. The lowest BCUT2D eigenvalue weighted by Crippen LogP contribution is -2.33. The van der Waals surface area contributed by atoms with Crippen LogP contribution >= 0.6 is 0 Å². The molecule has 1 unspecified atom stereocenters. The van der Waals surface area contributed by atoms with Gasteiger partial charge in [-0.25, -0.2) is 9.78 Å². The van der Waals surface area contributed by atoms with Crippen LogP contribution < -0.4 is 20.3 Å². The molecule has 1 aromatic carbocycles. The zero-order valence-electron chi connectivity index (χ0n) is 19.5. The molecule has 0 radical (unpaired) electrons. The van der Waals surface area contributed by atoms with Gasteiger partial charge >= 0.3 is 25.2 Å². The minimum Gasteiger partial charge on any atom is -0.481 e. The van der Waals surface area contributed by atoms with Crippen LogP contribution in [0.4, 0.5) is 4.79 Å². The summed E-state index contributed by atoms with van der Waals surface area (Å²) >= 11 is 0. The van der Waals surface area contributed by atoms with E-state index in [0.717, 1.165) is 5.56 Å². The molecule has 0 saturated carbocycles. The Bertz CT molecular complexity index is 1040. The minimum atomic E-state index is -1.24. The monoisotopic (exact) mass is 473 g/mol. The third kappa shape index (κ3) is 7.06. The van der Waals surface area contributed by atoms with E-state index in [1.807, 2.05) is 0 Å². The van der Waals surface area contributed by atoms with E-state index in [0.29, 0.717) is 29.7 Å². The summed E-state index contributed by atoms with van der Waals surface area (Å²) < 4.78 is 21.9. The Morgan fingerprint density at radius 3 is 2.76 bits per heavy atom. The van der Waals surface area contributed by atoms with Crippen LogP contribution in [0.3, 0.4) is 0 Å². The van der Waals surface area contributed by atoms with Crippen molar-refractivity contribution in [2.24, 2.45) is 0 Å². The molecule has 0 saturated heterocycles. The highest BCUT2D eigenvalue weighted by Gasteiger charge is 2.38. The number of carboxylic acid groups (broad SMARTS) is 1. The molecule has 12 heteroatoms. The number of aryl methyl sites for hydroxylation is 1. The first kappa shape index (κ1) is 25.3. The van der Waals surface area contributed by atoms with Crippen molar-refractivity contribution in [3.63, 3.8) is 0 Å². The van der Waals surface area contributed by atoms with Crippen LogP contribution in [0.15, 0.2) is 24.4 Å². The number of hydrogen-bond donors (Lipinski definition) is 3. The number of hydrogen-bond acceptors (Lipinski definition) is 9. The molecule has 1 aromatic heterocycles. The number of ether oxygens (including phenoxy) is 3. The topological polar surface area (TPSA) is 149 Å². The van der Waals surface area contributed by atoms with Gasteiger partial charge in [-0.05, 0) is 62.8 Å². The van der Waals surface area contributed by atoms with E-state index in [9.17, 15) is 14.6 Å². The second-order valence-corrected chi connectivity index (χ2v) is 8.73. The molecule has 34 heavy (non-hydrogen) atoms. The number of carbonyl (C=O) groups is 2. The first-order valence-electron chi connectivity index (χ1n) is 10.8. The Labute approximate surface area is 197 Å². The number of benzene rings is 1. The summed E-state index contributed by atoms with van der Waals surface area (Å²) in [6.45, 7) is 7.80. The van der Waals surface area contributed by atoms with Crippen LogP contribution in [-0.2, 0) is 14.2 Å². The quantitative estimate of drug-likeness (QED) is 0.365. The lowest BCUT2D eigenvalue weighted by atomic mass is 9.77. The van der Waals surface area contributed by atoms with Crippen molar-refractivity contribution in [3.05, 3.63) is 35.5 Å². The predicted molar refractivity (Wildman–Crippen MR) is 121 cm³/mol. The van der Waals surface area contributed by atoms with Crippen LogP contribution in [0.25, 0.3) is 0 Å². The van der Waals surface area contributed by atoms with E-state index < -0.39 is 30.9 Å². The average molecular weight is 473 g/mol. The predicted octanol–water partition coefficient (Wildman–Crippen LogP) is 2.10. The summed E-state index contributed by atoms with van der Waals surface area (Å²) in [7, 11) is -1.24. The zero-order chi connectivity index (χ0) is 24.9. The van der Waals surface area contributed by atoms with Crippen LogP contribution in [-0.4, -0.2) is 58.0 Å². The Hall–Kier alpha value is -3.38. The van der Waals surface area contributed by atoms with Gasteiger partial charge in [-0.2, -0.15) is 4.98 Å². The van der Waals surface area contributed by atoms with Gasteiger partial charge in [0, 0.05) is 18.8 Å². The molecule has 1 atom stereocenters. The summed E-state index contributed by atoms with van der Waals surface area (Å²) in [6, 6.07) is 4.98. The summed E-state index contributed by atoms with van der Waals surface area (Å²) in [5.74, 6) is -0.383. The Balaban J connectivity index is 1.56. The fourth-order valence-corrected chi connectivity index (χ4v) is 3.41. The van der Waals surface area contributed by atoms with Gasteiger partial charge in [-0.3, -0.25) is 4.79 Å². The number of alkyl carbamates (subject to hydrolysis) is 1. The minimum absolute atomic E-state index is 0.109. The lowest BCUT2D eigenvalue weighted by molar-refractivity contribution is -0.138. The summed E-state index contributed by atoms with van der Waals surface area (Å²) in [6.07, 6.45) is 0.546. The largest absolute Gasteiger partial charge is 0.492 e. The molecule has 3 rings (SSSR count). The third-order valence-corrected chi connectivity index (χ3v) is 4.68. The van der Waals surface area contributed by atoms with E-state index in [1.165, 1.54) is 6.20 Å². The van der Waals surface area contributed by atoms with Gasteiger partial charge in [0.05, 0.1) is 19.1 Å². The number of fused-ring (bicyclic) bond motifs is 1. The van der Waals surface area contributed by atoms with Gasteiger partial charge < -0.3 is 34.3 Å². The Morgan fingerprint density at radius 2 is 2.06 bits per heavy atom. The normalized spacial score (nSPS) is 15.0. The number of carbonyl (C=O) groups excluding carboxylic acids is 1. The number of nitrogens with one attached hydrogen (secondary N) is 1. The first-order chi connectivity index (χ1) is 16.0. The highest BCUT2D eigenvalue weighted by molar-refractivity contribution is 6.62. The van der Waals surface area contributed by atoms with Crippen molar-refractivity contribution in [2.75, 3.05) is 13.2 Å². The SMILES string of the molecule is Cc1cc(Oc2ccnc(OCCCNC(=O)OC(C)(C)C)n2)cc2c1C(CC(=O)O)OB2O. The first-order valence-corrected chi connectivity index (χ1v) is 10.8. The molecule has 3 N–H and O–H groups in total. The van der Waals surface area contributed by atoms with Gasteiger partial charge in [0.15, 0.2) is 0 Å². The van der Waals surface area contributed by atoms with Gasteiger partial charge in [-0.15, -0.1) is 0 Å². The average Bonchev–Trinajstić information content (AvgIpc) is 3.01. The molecule has 2 aromatic rings. The highest BCUT2D eigenvalue weighted by Crippen LogP contribution is 2.33. The van der Waals surface area contributed by atoms with Crippen molar-refractivity contribution < 1.29 is 38.6 Å². The van der Waals surface area contributed by atoms with Crippen molar-refractivity contribution in [1.29, 1.82) is 0 Å². The van der Waals surface area contributed by atoms with Crippen LogP contribution in [0.2, 0.25) is 0 Å². The van der Waals surface area contributed by atoms with E-state index >= 15 is 0 Å². The lowest BCUT2D eigenvalue weighted by Gasteiger charge is -2.19. The van der Waals surface area contributed by atoms with Crippen molar-refractivity contribution in [2.45, 2.75) is 52.2 Å². The molecule has 0 bridgehead atoms. The molecule has 0 fully saturated rings. The number of carboxylic acids is 1. The molecule has 11 nitrogen and oxygen atoms in total. The molecule has 2 heterocycles. The second kappa shape index (κ2) is 10.7. The summed E-state index contributed by atoms with van der Waals surface area (Å²) in [5.41, 5.74) is 1.29. The maximum absolute atomic E-state index is 11.6. The van der Waals surface area contributed by atoms with Crippen molar-refractivity contribution >= 4 is 24.6 Å². The Morgan fingerprint density at radius 1 is 1.29 bits per heavy atom. The fraction of sp³-hybridized carbons (Fsp3) is 0.455. The number of nitrogens with zero attached hydrogens (tertiary/aromatic N) is 2. The second-order valence-electron chi connectivity index (χ2n) is 8.73. The summed E-state index contributed by atoms with van der Waals surface area (Å²) in [5, 5.41) is 21.9. The van der Waals surface area contributed by atoms with Crippen LogP contribution in [0, 0.1) is 6.92 Å². The van der Waals surface area contributed by atoms with Gasteiger partial charge in [0.2, 0.25) is 5.88 Å². The maximum Gasteiger partial charge on any atom is 0.492 e. The molecule has 0 aliphatic carbocycles. The zero-order valence-corrected chi connectivity index (χ0v) is 19.5. The third-order valence-electron chi connectivity index (χ3n) is 4.68. The highest BCUT2D eigenvalue weighted by atomic mass is 16.6. The van der Waals surface area contributed by atoms with Crippen LogP contribution in [0.5, 0.6) is 17.6 Å². The molecule has 1 aliphatic rings. The maximum atomic E-state index is 11.6. The standard InChI is InChI=1S/C22H28BN3O8/c1-13-10-14(11-15-19(13)16(12-18(27)28)34-23(15)30)32-17-6-8-24-20(26-17)31-9-5-7-25-21(29)33-22(2,3)4/h6,8,10-11,16,30H,5,7,9,12H2,1-4H3,(H,25,29)(H,27,28). The molecule has 0 spiro atoms.